The van der Waals surface area contributed by atoms with Crippen molar-refractivity contribution in [2.45, 2.75) is 51.0 Å². The first-order valence-corrected chi connectivity index (χ1v) is 14.7. The Kier molecular flexibility index (Phi) is 7.54. The van der Waals surface area contributed by atoms with E-state index in [0.717, 1.165) is 66.9 Å². The molecular weight excluding hydrogens is 551 g/mol. The van der Waals surface area contributed by atoms with Crippen molar-refractivity contribution in [1.29, 1.82) is 0 Å². The summed E-state index contributed by atoms with van der Waals surface area (Å²) in [4.78, 5) is 24.3. The summed E-state index contributed by atoms with van der Waals surface area (Å²) in [5.41, 5.74) is 3.96. The first-order valence-electron chi connectivity index (χ1n) is 14.7. The number of halogens is 1. The van der Waals surface area contributed by atoms with Crippen LogP contribution in [-0.4, -0.2) is 58.3 Å². The Bertz CT molecular complexity index is 1770. The summed E-state index contributed by atoms with van der Waals surface area (Å²) in [6.07, 6.45) is 4.58. The van der Waals surface area contributed by atoms with Crippen LogP contribution in [0.4, 0.5) is 4.39 Å². The van der Waals surface area contributed by atoms with E-state index in [2.05, 4.69) is 9.47 Å². The molecule has 9 nitrogen and oxygen atoms in total. The lowest BCUT2D eigenvalue weighted by atomic mass is 9.93. The molecule has 10 heteroatoms. The number of pyridine rings is 1. The van der Waals surface area contributed by atoms with E-state index in [9.17, 15) is 9.18 Å². The molecule has 0 radical (unpaired) electrons. The Hall–Kier alpha value is -4.28. The van der Waals surface area contributed by atoms with E-state index in [1.54, 1.807) is 18.2 Å². The maximum Gasteiger partial charge on any atom is 0.337 e. The van der Waals surface area contributed by atoms with E-state index in [-0.39, 0.29) is 24.3 Å². The summed E-state index contributed by atoms with van der Waals surface area (Å²) < 4.78 is 38.8. The smallest absolute Gasteiger partial charge is 0.337 e. The molecule has 0 saturated carbocycles. The first kappa shape index (κ1) is 27.5. The lowest BCUT2D eigenvalue weighted by Gasteiger charge is -2.32. The number of rotatable bonds is 9. The van der Waals surface area contributed by atoms with Gasteiger partial charge in [0.1, 0.15) is 12.4 Å². The predicted octanol–water partition coefficient (Wildman–Crippen LogP) is 5.85. The summed E-state index contributed by atoms with van der Waals surface area (Å²) in [7, 11) is 1.39. The molecule has 0 N–H and O–H groups in total. The molecule has 0 spiro atoms. The Morgan fingerprint density at radius 3 is 2.72 bits per heavy atom. The van der Waals surface area contributed by atoms with Crippen LogP contribution in [0.15, 0.2) is 65.3 Å². The normalized spacial score (nSPS) is 17.8. The number of carbonyl (C=O) groups is 1. The molecule has 3 aromatic heterocycles. The number of piperidine rings is 1. The van der Waals surface area contributed by atoms with Gasteiger partial charge in [0.2, 0.25) is 5.88 Å². The molecule has 0 unspecified atom stereocenters. The zero-order chi connectivity index (χ0) is 29.3. The van der Waals surface area contributed by atoms with E-state index < -0.39 is 5.82 Å². The van der Waals surface area contributed by atoms with Crippen LogP contribution in [0.25, 0.3) is 22.0 Å². The van der Waals surface area contributed by atoms with Crippen molar-refractivity contribution in [3.63, 3.8) is 0 Å². The molecule has 2 aromatic carbocycles. The fourth-order valence-corrected chi connectivity index (χ4v) is 6.00. The third kappa shape index (κ3) is 5.60. The van der Waals surface area contributed by atoms with Gasteiger partial charge in [-0.3, -0.25) is 4.90 Å². The van der Waals surface area contributed by atoms with Crippen molar-refractivity contribution in [2.24, 2.45) is 0 Å². The van der Waals surface area contributed by atoms with Gasteiger partial charge in [0.25, 0.3) is 0 Å². The molecular formula is C33H33FN4O5. The van der Waals surface area contributed by atoms with Gasteiger partial charge in [-0.2, -0.15) is 0 Å². The van der Waals surface area contributed by atoms with Gasteiger partial charge in [0, 0.05) is 35.2 Å². The number of aromatic nitrogens is 3. The number of methoxy groups -OCH3 is 1. The molecule has 0 aliphatic carbocycles. The van der Waals surface area contributed by atoms with Gasteiger partial charge in [0.05, 0.1) is 49.2 Å². The predicted molar refractivity (Wildman–Crippen MR) is 157 cm³/mol. The second kappa shape index (κ2) is 11.8. The van der Waals surface area contributed by atoms with Gasteiger partial charge in [-0.15, -0.1) is 0 Å². The van der Waals surface area contributed by atoms with Gasteiger partial charge in [0.15, 0.2) is 11.4 Å². The number of fused-ring (bicyclic) bond motifs is 2. The third-order valence-corrected chi connectivity index (χ3v) is 8.56. The molecule has 2 fully saturated rings. The molecule has 0 amide bonds. The number of imidazole rings is 1. The van der Waals surface area contributed by atoms with Gasteiger partial charge in [-0.05, 0) is 62.7 Å². The van der Waals surface area contributed by atoms with Crippen molar-refractivity contribution in [2.75, 3.05) is 26.8 Å². The van der Waals surface area contributed by atoms with Crippen LogP contribution < -0.4 is 4.74 Å². The highest BCUT2D eigenvalue weighted by Crippen LogP contribution is 2.30. The van der Waals surface area contributed by atoms with Crippen LogP contribution in [0.1, 0.15) is 52.6 Å². The van der Waals surface area contributed by atoms with Gasteiger partial charge >= 0.3 is 5.97 Å². The summed E-state index contributed by atoms with van der Waals surface area (Å²) in [5, 5.41) is 0.727. The van der Waals surface area contributed by atoms with Crippen LogP contribution in [0.3, 0.4) is 0 Å². The zero-order valence-electron chi connectivity index (χ0n) is 24.0. The number of nitrogens with zero attached hydrogens (tertiary/aromatic N) is 4. The highest BCUT2D eigenvalue weighted by molar-refractivity contribution is 5.93. The van der Waals surface area contributed by atoms with Crippen molar-refractivity contribution in [3.8, 4) is 5.88 Å². The maximum absolute atomic E-state index is 14.8. The SMILES string of the molecule is COC(=O)c1ccc2nc(CN3CCC(c4cccc(OCc5ccc6ccoc6c5F)n4)CC3)n(C[C@@H]3CCO3)c2c1. The van der Waals surface area contributed by atoms with Gasteiger partial charge in [-0.1, -0.05) is 18.2 Å². The minimum atomic E-state index is -0.399. The maximum atomic E-state index is 14.8. The molecule has 2 aliphatic heterocycles. The van der Waals surface area contributed by atoms with E-state index in [1.165, 1.54) is 13.4 Å². The second-order valence-corrected chi connectivity index (χ2v) is 11.2. The minimum Gasteiger partial charge on any atom is -0.473 e. The first-order chi connectivity index (χ1) is 21.1. The van der Waals surface area contributed by atoms with E-state index >= 15 is 0 Å². The summed E-state index contributed by atoms with van der Waals surface area (Å²) in [6, 6.07) is 16.6. The highest BCUT2D eigenvalue weighted by atomic mass is 19.1. The number of hydrogen-bond acceptors (Lipinski definition) is 8. The van der Waals surface area contributed by atoms with Crippen molar-refractivity contribution in [1.82, 2.24) is 19.4 Å². The summed E-state index contributed by atoms with van der Waals surface area (Å²) >= 11 is 0. The topological polar surface area (TPSA) is 91.9 Å². The van der Waals surface area contributed by atoms with Crippen molar-refractivity contribution < 1.29 is 27.8 Å². The lowest BCUT2D eigenvalue weighted by Crippen LogP contribution is -2.35. The van der Waals surface area contributed by atoms with Crippen LogP contribution in [0.2, 0.25) is 0 Å². The highest BCUT2D eigenvalue weighted by Gasteiger charge is 2.26. The molecule has 5 aromatic rings. The zero-order valence-corrected chi connectivity index (χ0v) is 24.0. The minimum absolute atomic E-state index is 0.0748. The number of ether oxygens (including phenoxy) is 3. The molecule has 43 heavy (non-hydrogen) atoms. The number of esters is 1. The Balaban J connectivity index is 1.01. The number of benzene rings is 2. The number of carbonyl (C=O) groups excluding carboxylic acids is 1. The molecule has 0 bridgehead atoms. The number of hydrogen-bond donors (Lipinski definition) is 0. The van der Waals surface area contributed by atoms with Gasteiger partial charge in [-0.25, -0.2) is 19.2 Å². The molecule has 1 atom stereocenters. The standard InChI is InChI=1S/C33H33FN4O5/c1-40-33(39)23-7-8-27-28(17-23)38(18-25-12-16-41-25)29(35-27)19-37-13-9-21(10-14-37)26-3-2-4-30(36-26)43-20-24-6-5-22-11-15-42-32(22)31(24)34/h2-8,11,15,17,21,25H,9-10,12-14,16,18-20H2,1H3/t25-/m0/s1. The molecule has 2 aliphatic rings. The van der Waals surface area contributed by atoms with Crippen LogP contribution >= 0.6 is 0 Å². The lowest BCUT2D eigenvalue weighted by molar-refractivity contribution is -0.0592. The fraction of sp³-hybridized carbons (Fsp3) is 0.364. The van der Waals surface area contributed by atoms with Crippen LogP contribution in [0, 0.1) is 5.82 Å². The average Bonchev–Trinajstić information content (AvgIpc) is 3.63. The quantitative estimate of drug-likeness (QED) is 0.199. The van der Waals surface area contributed by atoms with Crippen LogP contribution in [-0.2, 0) is 29.2 Å². The van der Waals surface area contributed by atoms with Crippen LogP contribution in [0.5, 0.6) is 5.88 Å². The largest absolute Gasteiger partial charge is 0.473 e. The molecule has 222 valence electrons. The Labute approximate surface area is 248 Å². The molecule has 5 heterocycles. The number of likely N-dealkylation sites (tertiary alicyclic amines) is 1. The second-order valence-electron chi connectivity index (χ2n) is 11.2. The third-order valence-electron chi connectivity index (χ3n) is 8.56. The Morgan fingerprint density at radius 2 is 1.93 bits per heavy atom. The summed E-state index contributed by atoms with van der Waals surface area (Å²) in [5.74, 6) is 1.00. The average molecular weight is 585 g/mol. The fourth-order valence-electron chi connectivity index (χ4n) is 6.00. The summed E-state index contributed by atoms with van der Waals surface area (Å²) in [6.45, 7) is 4.09. The van der Waals surface area contributed by atoms with Crippen molar-refractivity contribution in [3.05, 3.63) is 89.3 Å². The van der Waals surface area contributed by atoms with E-state index in [4.69, 9.17) is 28.6 Å². The van der Waals surface area contributed by atoms with E-state index in [0.29, 0.717) is 36.0 Å². The monoisotopic (exact) mass is 584 g/mol. The molecule has 2 saturated heterocycles. The van der Waals surface area contributed by atoms with E-state index in [1.807, 2.05) is 36.4 Å². The van der Waals surface area contributed by atoms with Gasteiger partial charge < -0.3 is 23.2 Å². The number of furan rings is 1. The Morgan fingerprint density at radius 1 is 1.07 bits per heavy atom. The molecule has 7 rings (SSSR count). The van der Waals surface area contributed by atoms with Crippen molar-refractivity contribution >= 4 is 28.0 Å².